The van der Waals surface area contributed by atoms with Crippen molar-refractivity contribution in [1.29, 1.82) is 0 Å². The van der Waals surface area contributed by atoms with Crippen molar-refractivity contribution in [3.63, 3.8) is 0 Å². The first-order valence-electron chi connectivity index (χ1n) is 7.42. The standard InChI is InChI=1S/C16H18FN3O2/c1-2-13-16(22)18-6-7-20(13)9-10-8-14(21)11-4-3-5-12(17)15(11)19-10/h3-5,8,13H,2,6-7,9H2,1H3,(H,18,22)(H,19,21). The molecule has 2 N–H and O–H groups in total. The van der Waals surface area contributed by atoms with E-state index in [-0.39, 0.29) is 22.9 Å². The summed E-state index contributed by atoms with van der Waals surface area (Å²) in [5, 5.41) is 3.18. The normalized spacial score (nSPS) is 19.4. The summed E-state index contributed by atoms with van der Waals surface area (Å²) >= 11 is 0. The molecule has 1 aromatic heterocycles. The summed E-state index contributed by atoms with van der Waals surface area (Å²) in [6, 6.07) is 5.72. The average Bonchev–Trinajstić information content (AvgIpc) is 2.49. The van der Waals surface area contributed by atoms with Crippen LogP contribution in [0.25, 0.3) is 10.9 Å². The lowest BCUT2D eigenvalue weighted by Crippen LogP contribution is -2.54. The minimum absolute atomic E-state index is 0.00284. The number of aromatic amines is 1. The third-order valence-electron chi connectivity index (χ3n) is 4.07. The molecule has 1 amide bonds. The molecule has 1 unspecified atom stereocenters. The molecule has 1 aromatic carbocycles. The zero-order valence-corrected chi connectivity index (χ0v) is 12.4. The number of nitrogens with one attached hydrogen (secondary N) is 2. The van der Waals surface area contributed by atoms with Crippen LogP contribution < -0.4 is 10.7 Å². The lowest BCUT2D eigenvalue weighted by Gasteiger charge is -2.34. The van der Waals surface area contributed by atoms with E-state index in [0.717, 1.165) is 0 Å². The van der Waals surface area contributed by atoms with Crippen molar-refractivity contribution in [2.24, 2.45) is 0 Å². The van der Waals surface area contributed by atoms with E-state index < -0.39 is 5.82 Å². The van der Waals surface area contributed by atoms with E-state index in [1.54, 1.807) is 6.07 Å². The van der Waals surface area contributed by atoms with E-state index in [9.17, 15) is 14.0 Å². The molecule has 0 bridgehead atoms. The van der Waals surface area contributed by atoms with Crippen LogP contribution in [0.2, 0.25) is 0 Å². The zero-order valence-electron chi connectivity index (χ0n) is 12.4. The van der Waals surface area contributed by atoms with Gasteiger partial charge in [-0.1, -0.05) is 13.0 Å². The number of rotatable bonds is 3. The molecule has 0 radical (unpaired) electrons. The number of H-pyrrole nitrogens is 1. The molecule has 5 nitrogen and oxygen atoms in total. The second kappa shape index (κ2) is 5.88. The van der Waals surface area contributed by atoms with Crippen LogP contribution in [0.15, 0.2) is 29.1 Å². The number of aromatic nitrogens is 1. The van der Waals surface area contributed by atoms with Crippen molar-refractivity contribution in [2.45, 2.75) is 25.9 Å². The maximum atomic E-state index is 13.9. The molecule has 0 spiro atoms. The molecule has 2 heterocycles. The van der Waals surface area contributed by atoms with Gasteiger partial charge in [0, 0.05) is 36.8 Å². The quantitative estimate of drug-likeness (QED) is 0.900. The van der Waals surface area contributed by atoms with Crippen molar-refractivity contribution in [3.05, 3.63) is 46.0 Å². The number of benzene rings is 1. The van der Waals surface area contributed by atoms with Gasteiger partial charge in [-0.3, -0.25) is 14.5 Å². The summed E-state index contributed by atoms with van der Waals surface area (Å²) in [6.07, 6.45) is 0.692. The van der Waals surface area contributed by atoms with Crippen molar-refractivity contribution >= 4 is 16.8 Å². The van der Waals surface area contributed by atoms with E-state index in [1.807, 2.05) is 11.8 Å². The number of halogens is 1. The fourth-order valence-corrected chi connectivity index (χ4v) is 2.99. The third-order valence-corrected chi connectivity index (χ3v) is 4.07. The number of hydrogen-bond acceptors (Lipinski definition) is 3. The number of fused-ring (bicyclic) bond motifs is 1. The summed E-state index contributed by atoms with van der Waals surface area (Å²) in [5.41, 5.74) is 0.632. The van der Waals surface area contributed by atoms with Gasteiger partial charge in [0.05, 0.1) is 11.6 Å². The Balaban J connectivity index is 1.95. The van der Waals surface area contributed by atoms with E-state index in [2.05, 4.69) is 10.3 Å². The lowest BCUT2D eigenvalue weighted by molar-refractivity contribution is -0.129. The fraction of sp³-hybridized carbons (Fsp3) is 0.375. The van der Waals surface area contributed by atoms with Gasteiger partial charge in [-0.15, -0.1) is 0 Å². The first-order chi connectivity index (χ1) is 10.6. The maximum Gasteiger partial charge on any atom is 0.237 e. The summed E-state index contributed by atoms with van der Waals surface area (Å²) in [6.45, 7) is 3.67. The van der Waals surface area contributed by atoms with Crippen LogP contribution in [0.5, 0.6) is 0 Å². The van der Waals surface area contributed by atoms with Gasteiger partial charge < -0.3 is 10.3 Å². The molecule has 22 heavy (non-hydrogen) atoms. The Labute approximate surface area is 127 Å². The van der Waals surface area contributed by atoms with Gasteiger partial charge in [-0.2, -0.15) is 0 Å². The minimum Gasteiger partial charge on any atom is -0.355 e. The zero-order chi connectivity index (χ0) is 15.7. The molecule has 1 aliphatic rings. The van der Waals surface area contributed by atoms with Gasteiger partial charge >= 0.3 is 0 Å². The highest BCUT2D eigenvalue weighted by Crippen LogP contribution is 2.16. The number of piperazine rings is 1. The Morgan fingerprint density at radius 3 is 2.95 bits per heavy atom. The Morgan fingerprint density at radius 2 is 2.18 bits per heavy atom. The van der Waals surface area contributed by atoms with E-state index in [4.69, 9.17) is 0 Å². The van der Waals surface area contributed by atoms with Crippen LogP contribution in [-0.4, -0.2) is 34.9 Å². The molecule has 6 heteroatoms. The first kappa shape index (κ1) is 14.7. The second-order valence-electron chi connectivity index (χ2n) is 5.51. The van der Waals surface area contributed by atoms with Gasteiger partial charge in [0.2, 0.25) is 5.91 Å². The number of carbonyl (C=O) groups is 1. The molecule has 1 saturated heterocycles. The van der Waals surface area contributed by atoms with Gasteiger partial charge in [0.25, 0.3) is 0 Å². The molecular formula is C16H18FN3O2. The van der Waals surface area contributed by atoms with Gasteiger partial charge in [-0.05, 0) is 18.6 Å². The largest absolute Gasteiger partial charge is 0.355 e. The molecule has 3 rings (SSSR count). The number of carbonyl (C=O) groups excluding carboxylic acids is 1. The molecule has 1 atom stereocenters. The minimum atomic E-state index is -0.445. The Kier molecular flexibility index (Phi) is 3.94. The van der Waals surface area contributed by atoms with Crippen LogP contribution in [0.1, 0.15) is 19.0 Å². The first-order valence-corrected chi connectivity index (χ1v) is 7.42. The Hall–Kier alpha value is -2.21. The monoisotopic (exact) mass is 303 g/mol. The summed E-state index contributed by atoms with van der Waals surface area (Å²) < 4.78 is 13.9. The second-order valence-corrected chi connectivity index (χ2v) is 5.51. The van der Waals surface area contributed by atoms with E-state index in [0.29, 0.717) is 37.1 Å². The van der Waals surface area contributed by atoms with E-state index in [1.165, 1.54) is 18.2 Å². The number of nitrogens with zero attached hydrogens (tertiary/aromatic N) is 1. The van der Waals surface area contributed by atoms with Crippen molar-refractivity contribution in [3.8, 4) is 0 Å². The van der Waals surface area contributed by atoms with Gasteiger partial charge in [0.1, 0.15) is 5.82 Å². The smallest absolute Gasteiger partial charge is 0.237 e. The number of amides is 1. The highest BCUT2D eigenvalue weighted by atomic mass is 19.1. The van der Waals surface area contributed by atoms with Crippen LogP contribution in [-0.2, 0) is 11.3 Å². The molecule has 1 aliphatic heterocycles. The molecule has 0 aliphatic carbocycles. The van der Waals surface area contributed by atoms with Gasteiger partial charge in [0.15, 0.2) is 5.43 Å². The highest BCUT2D eigenvalue weighted by molar-refractivity contribution is 5.82. The lowest BCUT2D eigenvalue weighted by atomic mass is 10.1. The Morgan fingerprint density at radius 1 is 1.36 bits per heavy atom. The van der Waals surface area contributed by atoms with Crippen LogP contribution in [0.4, 0.5) is 4.39 Å². The number of para-hydroxylation sites is 1. The fourth-order valence-electron chi connectivity index (χ4n) is 2.99. The van der Waals surface area contributed by atoms with Crippen molar-refractivity contribution in [2.75, 3.05) is 13.1 Å². The SMILES string of the molecule is CCC1C(=O)NCCN1Cc1cc(=O)c2cccc(F)c2[nH]1. The van der Waals surface area contributed by atoms with Crippen LogP contribution >= 0.6 is 0 Å². The highest BCUT2D eigenvalue weighted by Gasteiger charge is 2.28. The molecule has 0 saturated carbocycles. The van der Waals surface area contributed by atoms with Crippen LogP contribution in [0, 0.1) is 5.82 Å². The van der Waals surface area contributed by atoms with E-state index >= 15 is 0 Å². The molecule has 1 fully saturated rings. The number of hydrogen-bond donors (Lipinski definition) is 2. The third kappa shape index (κ3) is 2.62. The van der Waals surface area contributed by atoms with Gasteiger partial charge in [-0.25, -0.2) is 4.39 Å². The molecular weight excluding hydrogens is 285 g/mol. The van der Waals surface area contributed by atoms with Crippen molar-refractivity contribution < 1.29 is 9.18 Å². The predicted octanol–water partition coefficient (Wildman–Crippen LogP) is 1.38. The molecule has 116 valence electrons. The maximum absolute atomic E-state index is 13.9. The average molecular weight is 303 g/mol. The summed E-state index contributed by atoms with van der Waals surface area (Å²) in [4.78, 5) is 29.0. The number of pyridine rings is 1. The summed E-state index contributed by atoms with van der Waals surface area (Å²) in [5.74, 6) is -0.442. The Bertz CT molecular complexity index is 772. The summed E-state index contributed by atoms with van der Waals surface area (Å²) in [7, 11) is 0. The van der Waals surface area contributed by atoms with Crippen molar-refractivity contribution in [1.82, 2.24) is 15.2 Å². The predicted molar refractivity (Wildman–Crippen MR) is 82.0 cm³/mol. The van der Waals surface area contributed by atoms with Crippen LogP contribution in [0.3, 0.4) is 0 Å². The topological polar surface area (TPSA) is 65.2 Å². The molecule has 2 aromatic rings.